The smallest absolute Gasteiger partial charge is 1.00 e. The number of hydrogen-bond acceptors (Lipinski definition) is 0. The summed E-state index contributed by atoms with van der Waals surface area (Å²) in [5.74, 6) is 0. The molecule has 0 aromatic heterocycles. The predicted molar refractivity (Wildman–Crippen MR) is 0 cm³/mol. The number of halogens is 3. The van der Waals surface area contributed by atoms with E-state index in [1.807, 2.05) is 0 Å². The molecule has 1 radical (unpaired) electrons. The molecule has 0 spiro atoms. The maximum absolute atomic E-state index is 0. The average Bonchev–Trinajstić information content (AvgIpc) is 0. The molecule has 0 bridgehead atoms. The molecule has 0 aliphatic carbocycles. The van der Waals surface area contributed by atoms with E-state index in [1.54, 1.807) is 0 Å². The third-order valence-electron chi connectivity index (χ3n) is 0. The van der Waals surface area contributed by atoms with E-state index in [2.05, 4.69) is 0 Å². The standard InChI is InChI=1S/3BrH.Gd/h3*1H;/q;;;+3/p-3. The summed E-state index contributed by atoms with van der Waals surface area (Å²) in [5.41, 5.74) is 0. The molecule has 4 heteroatoms. The Morgan fingerprint density at radius 3 is 0.500 bits per heavy atom. The van der Waals surface area contributed by atoms with Crippen molar-refractivity contribution in [3.8, 4) is 0 Å². The molecule has 4 heavy (non-hydrogen) atoms. The van der Waals surface area contributed by atoms with Crippen LogP contribution in [0.4, 0.5) is 0 Å². The zero-order valence-corrected chi connectivity index (χ0v) is 8.51. The van der Waals surface area contributed by atoms with Gasteiger partial charge in [-0.25, -0.2) is 0 Å². The van der Waals surface area contributed by atoms with Crippen LogP contribution in [0.1, 0.15) is 0 Å². The van der Waals surface area contributed by atoms with E-state index in [4.69, 9.17) is 0 Å². The molecule has 0 unspecified atom stereocenters. The first-order chi connectivity index (χ1) is 0. The molecule has 29 valence electrons. The van der Waals surface area contributed by atoms with Crippen LogP contribution < -0.4 is 50.9 Å². The van der Waals surface area contributed by atoms with Crippen molar-refractivity contribution in [2.45, 2.75) is 0 Å². The summed E-state index contributed by atoms with van der Waals surface area (Å²) in [6, 6.07) is 0. The topological polar surface area (TPSA) is 0 Å². The normalized spacial score (nSPS) is 0. The van der Waals surface area contributed by atoms with E-state index in [1.165, 1.54) is 0 Å². The quantitative estimate of drug-likeness (QED) is 0.381. The molecule has 0 aliphatic rings. The Hall–Kier alpha value is 2.76. The largest absolute Gasteiger partial charge is 3.00 e. The summed E-state index contributed by atoms with van der Waals surface area (Å²) < 4.78 is 0. The maximum atomic E-state index is 0. The molecule has 0 aromatic carbocycles. The zero-order valence-electron chi connectivity index (χ0n) is 1.49. The molecule has 0 atom stereocenters. The van der Waals surface area contributed by atoms with Gasteiger partial charge in [0.15, 0.2) is 0 Å². The summed E-state index contributed by atoms with van der Waals surface area (Å²) in [4.78, 5) is 0. The van der Waals surface area contributed by atoms with E-state index in [-0.39, 0.29) is 90.9 Å². The molecular formula is Br3Gd. The fourth-order valence-electron chi connectivity index (χ4n) is 0. The first-order valence-electron chi connectivity index (χ1n) is 0. The molecule has 0 amide bonds. The van der Waals surface area contributed by atoms with Crippen LogP contribution in [0.2, 0.25) is 0 Å². The van der Waals surface area contributed by atoms with Gasteiger partial charge in [-0.3, -0.25) is 0 Å². The molecule has 0 fully saturated rings. The van der Waals surface area contributed by atoms with Crippen LogP contribution in [-0.4, -0.2) is 0 Å². The summed E-state index contributed by atoms with van der Waals surface area (Å²) in [6.07, 6.45) is 0. The maximum Gasteiger partial charge on any atom is 3.00 e. The van der Waals surface area contributed by atoms with Crippen LogP contribution in [0.15, 0.2) is 0 Å². The Balaban J connectivity index is 0. The molecule has 0 N–H and O–H groups in total. The zero-order chi connectivity index (χ0) is 0. The molecule has 0 heterocycles. The van der Waals surface area contributed by atoms with Crippen LogP contribution in [-0.2, 0) is 0 Å². The summed E-state index contributed by atoms with van der Waals surface area (Å²) in [5, 5.41) is 0. The molecule has 0 rings (SSSR count). The molecular weight excluding hydrogens is 397 g/mol. The van der Waals surface area contributed by atoms with Gasteiger partial charge in [0.1, 0.15) is 0 Å². The van der Waals surface area contributed by atoms with Crippen LogP contribution in [0.5, 0.6) is 0 Å². The van der Waals surface area contributed by atoms with Crippen molar-refractivity contribution in [2.24, 2.45) is 0 Å². The van der Waals surface area contributed by atoms with Crippen molar-refractivity contribution in [1.82, 2.24) is 0 Å². The second-order valence-electron chi connectivity index (χ2n) is 0. The minimum atomic E-state index is 0. The van der Waals surface area contributed by atoms with Crippen LogP contribution >= 0.6 is 0 Å². The van der Waals surface area contributed by atoms with E-state index in [0.29, 0.717) is 0 Å². The first-order valence-corrected chi connectivity index (χ1v) is 0. The van der Waals surface area contributed by atoms with Crippen LogP contribution in [0.3, 0.4) is 0 Å². The summed E-state index contributed by atoms with van der Waals surface area (Å²) in [7, 11) is 0. The number of rotatable bonds is 0. The van der Waals surface area contributed by atoms with Gasteiger partial charge in [-0.2, -0.15) is 0 Å². The van der Waals surface area contributed by atoms with E-state index in [0.717, 1.165) is 0 Å². The van der Waals surface area contributed by atoms with Crippen molar-refractivity contribution in [3.05, 3.63) is 0 Å². The van der Waals surface area contributed by atoms with Gasteiger partial charge >= 0.3 is 39.9 Å². The van der Waals surface area contributed by atoms with E-state index >= 15 is 0 Å². The summed E-state index contributed by atoms with van der Waals surface area (Å²) >= 11 is 0. The van der Waals surface area contributed by atoms with Crippen LogP contribution in [0.25, 0.3) is 0 Å². The molecule has 0 saturated heterocycles. The SMILES string of the molecule is [Br-].[Br-].[Br-].[Gd+3]. The van der Waals surface area contributed by atoms with Gasteiger partial charge in [0.25, 0.3) is 0 Å². The first kappa shape index (κ1) is 29.4. The molecule has 0 nitrogen and oxygen atoms in total. The number of hydrogen-bond donors (Lipinski definition) is 0. The molecule has 0 aliphatic heterocycles. The van der Waals surface area contributed by atoms with E-state index in [9.17, 15) is 0 Å². The van der Waals surface area contributed by atoms with Gasteiger partial charge in [-0.15, -0.1) is 0 Å². The Morgan fingerprint density at radius 1 is 0.500 bits per heavy atom. The fourth-order valence-corrected chi connectivity index (χ4v) is 0. The summed E-state index contributed by atoms with van der Waals surface area (Å²) in [6.45, 7) is 0. The van der Waals surface area contributed by atoms with Crippen molar-refractivity contribution in [3.63, 3.8) is 0 Å². The second-order valence-corrected chi connectivity index (χ2v) is 0. The van der Waals surface area contributed by atoms with Gasteiger partial charge in [-0.05, 0) is 0 Å². The Morgan fingerprint density at radius 2 is 0.500 bits per heavy atom. The van der Waals surface area contributed by atoms with Crippen molar-refractivity contribution in [2.75, 3.05) is 0 Å². The van der Waals surface area contributed by atoms with Gasteiger partial charge < -0.3 is 50.9 Å². The van der Waals surface area contributed by atoms with E-state index < -0.39 is 0 Å². The van der Waals surface area contributed by atoms with Crippen LogP contribution in [0, 0.1) is 39.9 Å². The van der Waals surface area contributed by atoms with Crippen molar-refractivity contribution in [1.29, 1.82) is 0 Å². The minimum Gasteiger partial charge on any atom is -1.00 e. The second kappa shape index (κ2) is 17.1. The predicted octanol–water partition coefficient (Wildman–Crippen LogP) is -8.99. The Bertz CT molecular complexity index is 3.25. The average molecular weight is 397 g/mol. The minimum absolute atomic E-state index is 0. The van der Waals surface area contributed by atoms with Gasteiger partial charge in [-0.1, -0.05) is 0 Å². The Kier molecular flexibility index (Phi) is 126. The Labute approximate surface area is 89.1 Å². The third kappa shape index (κ3) is 8.83. The monoisotopic (exact) mass is 395 g/mol. The van der Waals surface area contributed by atoms with Gasteiger partial charge in [0.05, 0.1) is 0 Å². The molecule has 0 saturated carbocycles. The van der Waals surface area contributed by atoms with Crippen molar-refractivity contribution >= 4 is 0 Å². The van der Waals surface area contributed by atoms with Gasteiger partial charge in [0, 0.05) is 0 Å². The van der Waals surface area contributed by atoms with Gasteiger partial charge in [0.2, 0.25) is 0 Å². The molecule has 0 aromatic rings. The third-order valence-corrected chi connectivity index (χ3v) is 0. The van der Waals surface area contributed by atoms with Crippen molar-refractivity contribution < 1.29 is 90.9 Å². The fraction of sp³-hybridized carbons (Fsp3) is 0.